The number of anilines is 1. The van der Waals surface area contributed by atoms with Crippen molar-refractivity contribution in [3.63, 3.8) is 0 Å². The topological polar surface area (TPSA) is 109 Å². The van der Waals surface area contributed by atoms with Gasteiger partial charge in [0, 0.05) is 13.3 Å². The molecule has 1 aromatic heterocycles. The number of para-hydroxylation sites is 1. The second-order valence-corrected chi connectivity index (χ2v) is 8.83. The summed E-state index contributed by atoms with van der Waals surface area (Å²) in [6.07, 6.45) is 4.15. The number of aromatic nitrogens is 2. The standard InChI is InChI=1S/C22H25N5O4/c1-14-23-20(25-31-14)22(10-5-6-11-22)24-17(28)13-26-19(30)15-7-3-4-8-16(15)27-18(29)9-12-21(26,27)2/h3-4,7-8H,5-6,9-13H2,1-2H3,(H,24,28). The minimum absolute atomic E-state index is 0.0395. The summed E-state index contributed by atoms with van der Waals surface area (Å²) >= 11 is 0. The van der Waals surface area contributed by atoms with Gasteiger partial charge in [0.2, 0.25) is 17.7 Å². The molecule has 162 valence electrons. The van der Waals surface area contributed by atoms with E-state index in [-0.39, 0.29) is 24.3 Å². The maximum absolute atomic E-state index is 13.4. The second kappa shape index (κ2) is 6.90. The summed E-state index contributed by atoms with van der Waals surface area (Å²) in [6.45, 7) is 3.43. The van der Waals surface area contributed by atoms with Gasteiger partial charge in [0.1, 0.15) is 17.7 Å². The molecule has 1 aliphatic carbocycles. The molecular weight excluding hydrogens is 398 g/mol. The zero-order valence-electron chi connectivity index (χ0n) is 17.7. The summed E-state index contributed by atoms with van der Waals surface area (Å²) in [5.74, 6) is 0.357. The number of carbonyl (C=O) groups is 3. The fourth-order valence-corrected chi connectivity index (χ4v) is 5.27. The Morgan fingerprint density at radius 2 is 1.94 bits per heavy atom. The van der Waals surface area contributed by atoms with Crippen LogP contribution in [0.25, 0.3) is 0 Å². The van der Waals surface area contributed by atoms with Crippen molar-refractivity contribution in [3.8, 4) is 0 Å². The molecule has 0 radical (unpaired) electrons. The maximum atomic E-state index is 13.4. The van der Waals surface area contributed by atoms with Crippen LogP contribution in [0.2, 0.25) is 0 Å². The number of nitrogens with one attached hydrogen (secondary N) is 1. The Hall–Kier alpha value is -3.23. The summed E-state index contributed by atoms with van der Waals surface area (Å²) in [7, 11) is 0. The van der Waals surface area contributed by atoms with E-state index < -0.39 is 11.2 Å². The van der Waals surface area contributed by atoms with Crippen molar-refractivity contribution in [3.05, 3.63) is 41.5 Å². The molecule has 1 unspecified atom stereocenters. The molecule has 2 aliphatic heterocycles. The smallest absolute Gasteiger partial charge is 0.258 e. The van der Waals surface area contributed by atoms with Crippen molar-refractivity contribution in [2.75, 3.05) is 11.4 Å². The molecule has 0 bridgehead atoms. The minimum atomic E-state index is -0.870. The average Bonchev–Trinajstić information content (AvgIpc) is 3.46. The fourth-order valence-electron chi connectivity index (χ4n) is 5.27. The summed E-state index contributed by atoms with van der Waals surface area (Å²) in [6, 6.07) is 7.08. The highest BCUT2D eigenvalue weighted by atomic mass is 16.5. The van der Waals surface area contributed by atoms with Crippen LogP contribution in [-0.4, -0.2) is 45.0 Å². The van der Waals surface area contributed by atoms with Gasteiger partial charge in [-0.2, -0.15) is 4.98 Å². The Morgan fingerprint density at radius 3 is 2.65 bits per heavy atom. The van der Waals surface area contributed by atoms with Crippen LogP contribution in [0.3, 0.4) is 0 Å². The van der Waals surface area contributed by atoms with Gasteiger partial charge in [-0.15, -0.1) is 0 Å². The van der Waals surface area contributed by atoms with Crippen LogP contribution in [-0.2, 0) is 15.1 Å². The summed E-state index contributed by atoms with van der Waals surface area (Å²) in [4.78, 5) is 46.8. The summed E-state index contributed by atoms with van der Waals surface area (Å²) in [5, 5.41) is 7.16. The predicted molar refractivity (Wildman–Crippen MR) is 110 cm³/mol. The molecule has 1 N–H and O–H groups in total. The van der Waals surface area contributed by atoms with E-state index in [1.54, 1.807) is 30.0 Å². The van der Waals surface area contributed by atoms with Crippen LogP contribution >= 0.6 is 0 Å². The van der Waals surface area contributed by atoms with Crippen LogP contribution in [0, 0.1) is 6.92 Å². The van der Waals surface area contributed by atoms with Gasteiger partial charge in [0.25, 0.3) is 5.91 Å². The minimum Gasteiger partial charge on any atom is -0.342 e. The molecule has 3 aliphatic rings. The molecule has 9 heteroatoms. The van der Waals surface area contributed by atoms with Gasteiger partial charge in [0.05, 0.1) is 11.3 Å². The van der Waals surface area contributed by atoms with Crippen LogP contribution in [0.15, 0.2) is 28.8 Å². The lowest BCUT2D eigenvalue weighted by Crippen LogP contribution is -2.64. The first kappa shape index (κ1) is 19.7. The number of amides is 3. The van der Waals surface area contributed by atoms with Crippen LogP contribution in [0.5, 0.6) is 0 Å². The summed E-state index contributed by atoms with van der Waals surface area (Å²) < 4.78 is 5.15. The Kier molecular flexibility index (Phi) is 4.39. The number of carbonyl (C=O) groups excluding carboxylic acids is 3. The molecule has 0 spiro atoms. The van der Waals surface area contributed by atoms with E-state index in [1.165, 1.54) is 4.90 Å². The SMILES string of the molecule is Cc1nc(C2(NC(=O)CN3C(=O)c4ccccc4N4C(=O)CCC34C)CCCC2)no1. The van der Waals surface area contributed by atoms with E-state index in [9.17, 15) is 14.4 Å². The molecule has 5 rings (SSSR count). The molecule has 2 aromatic rings. The Bertz CT molecular complexity index is 1070. The summed E-state index contributed by atoms with van der Waals surface area (Å²) in [5.41, 5.74) is -0.501. The van der Waals surface area contributed by atoms with E-state index in [4.69, 9.17) is 4.52 Å². The Morgan fingerprint density at radius 1 is 1.19 bits per heavy atom. The zero-order chi connectivity index (χ0) is 21.8. The molecule has 9 nitrogen and oxygen atoms in total. The Balaban J connectivity index is 1.44. The van der Waals surface area contributed by atoms with Crippen LogP contribution < -0.4 is 10.2 Å². The first-order valence-electron chi connectivity index (χ1n) is 10.7. The van der Waals surface area contributed by atoms with Crippen molar-refractivity contribution < 1.29 is 18.9 Å². The Labute approximate surface area is 179 Å². The number of fused-ring (bicyclic) bond motifs is 3. The van der Waals surface area contributed by atoms with Crippen molar-refractivity contribution in [2.24, 2.45) is 0 Å². The zero-order valence-corrected chi connectivity index (χ0v) is 17.7. The van der Waals surface area contributed by atoms with E-state index in [0.717, 1.165) is 25.7 Å². The quantitative estimate of drug-likeness (QED) is 0.808. The van der Waals surface area contributed by atoms with Crippen LogP contribution in [0.1, 0.15) is 67.5 Å². The molecular formula is C22H25N5O4. The number of nitrogens with zero attached hydrogens (tertiary/aromatic N) is 4. The highest BCUT2D eigenvalue weighted by molar-refractivity contribution is 6.11. The average molecular weight is 423 g/mol. The number of hydrogen-bond acceptors (Lipinski definition) is 6. The number of aryl methyl sites for hydroxylation is 1. The normalized spacial score (nSPS) is 24.3. The van der Waals surface area contributed by atoms with E-state index in [0.29, 0.717) is 35.8 Å². The molecule has 3 amide bonds. The van der Waals surface area contributed by atoms with Gasteiger partial charge in [-0.05, 0) is 38.3 Å². The molecule has 3 heterocycles. The van der Waals surface area contributed by atoms with Crippen molar-refractivity contribution in [1.82, 2.24) is 20.4 Å². The number of hydrogen-bond donors (Lipinski definition) is 1. The van der Waals surface area contributed by atoms with E-state index >= 15 is 0 Å². The van der Waals surface area contributed by atoms with E-state index in [2.05, 4.69) is 15.5 Å². The van der Waals surface area contributed by atoms with Gasteiger partial charge >= 0.3 is 0 Å². The van der Waals surface area contributed by atoms with Crippen LogP contribution in [0.4, 0.5) is 5.69 Å². The number of benzene rings is 1. The highest BCUT2D eigenvalue weighted by Gasteiger charge is 2.53. The van der Waals surface area contributed by atoms with Crippen molar-refractivity contribution >= 4 is 23.4 Å². The maximum Gasteiger partial charge on any atom is 0.258 e. The molecule has 1 saturated heterocycles. The van der Waals surface area contributed by atoms with Gasteiger partial charge in [0.15, 0.2) is 5.82 Å². The van der Waals surface area contributed by atoms with E-state index in [1.807, 2.05) is 13.0 Å². The number of rotatable bonds is 4. The van der Waals surface area contributed by atoms with Crippen molar-refractivity contribution in [1.29, 1.82) is 0 Å². The molecule has 31 heavy (non-hydrogen) atoms. The first-order chi connectivity index (χ1) is 14.8. The molecule has 1 aromatic carbocycles. The largest absolute Gasteiger partial charge is 0.342 e. The third kappa shape index (κ3) is 2.94. The molecule has 1 atom stereocenters. The monoisotopic (exact) mass is 423 g/mol. The third-order valence-electron chi connectivity index (χ3n) is 6.84. The van der Waals surface area contributed by atoms with Gasteiger partial charge in [-0.3, -0.25) is 19.3 Å². The van der Waals surface area contributed by atoms with Crippen molar-refractivity contribution in [2.45, 2.75) is 63.6 Å². The second-order valence-electron chi connectivity index (χ2n) is 8.83. The molecule has 2 fully saturated rings. The van der Waals surface area contributed by atoms with Gasteiger partial charge < -0.3 is 14.7 Å². The van der Waals surface area contributed by atoms with Gasteiger partial charge in [-0.25, -0.2) is 0 Å². The molecule has 1 saturated carbocycles. The highest BCUT2D eigenvalue weighted by Crippen LogP contribution is 2.44. The first-order valence-corrected chi connectivity index (χ1v) is 10.7. The fraction of sp³-hybridized carbons (Fsp3) is 0.500. The van der Waals surface area contributed by atoms with Gasteiger partial charge in [-0.1, -0.05) is 30.1 Å². The third-order valence-corrected chi connectivity index (χ3v) is 6.84. The lowest BCUT2D eigenvalue weighted by atomic mass is 9.95. The lowest BCUT2D eigenvalue weighted by molar-refractivity contribution is -0.126. The lowest BCUT2D eigenvalue weighted by Gasteiger charge is -2.48. The predicted octanol–water partition coefficient (Wildman–Crippen LogP) is 2.26.